The Morgan fingerprint density at radius 2 is 2.07 bits per heavy atom. The molecule has 0 saturated carbocycles. The molecule has 2 aliphatic heterocycles. The van der Waals surface area contributed by atoms with Crippen molar-refractivity contribution in [1.82, 2.24) is 9.88 Å². The van der Waals surface area contributed by atoms with Gasteiger partial charge >= 0.3 is 0 Å². The van der Waals surface area contributed by atoms with E-state index in [4.69, 9.17) is 0 Å². The number of non-ortho nitro benzene ring substituents is 1. The lowest BCUT2D eigenvalue weighted by molar-refractivity contribution is -0.384. The first-order valence-electron chi connectivity index (χ1n) is 8.48. The molecule has 2 aliphatic rings. The van der Waals surface area contributed by atoms with Crippen molar-refractivity contribution < 1.29 is 9.72 Å². The molecule has 8 heteroatoms. The maximum absolute atomic E-state index is 12.5. The van der Waals surface area contributed by atoms with E-state index in [9.17, 15) is 20.2 Å². The highest BCUT2D eigenvalue weighted by Gasteiger charge is 2.41. The fraction of sp³-hybridized carbons (Fsp3) is 0.150. The monoisotopic (exact) mass is 390 g/mol. The number of rotatable bonds is 3. The van der Waals surface area contributed by atoms with Gasteiger partial charge in [0.1, 0.15) is 0 Å². The lowest BCUT2D eigenvalue weighted by Gasteiger charge is -2.33. The molecule has 0 radical (unpaired) electrons. The standard InChI is InChI=1S/C20H14N4O3S/c1-12-18(13-5-7-22-8-6-13)19(14-3-2-4-15(9-14)24(26)27)16(10-21)20-23(12)17(25)11-28-20/h2-9,19H,11H2,1H3. The third-order valence-corrected chi connectivity index (χ3v) is 5.91. The van der Waals surface area contributed by atoms with E-state index >= 15 is 0 Å². The molecule has 0 bridgehead atoms. The molecule has 1 aromatic carbocycles. The Hall–Kier alpha value is -3.44. The Bertz CT molecular complexity index is 1100. The average molecular weight is 390 g/mol. The van der Waals surface area contributed by atoms with Crippen molar-refractivity contribution in [2.24, 2.45) is 0 Å². The van der Waals surface area contributed by atoms with Gasteiger partial charge in [-0.1, -0.05) is 23.9 Å². The number of pyridine rings is 1. The highest BCUT2D eigenvalue weighted by Crippen LogP contribution is 2.51. The molecule has 1 atom stereocenters. The molecule has 3 heterocycles. The zero-order valence-corrected chi connectivity index (χ0v) is 15.6. The molecule has 1 aromatic heterocycles. The van der Waals surface area contributed by atoms with Crippen molar-refractivity contribution in [3.05, 3.63) is 86.3 Å². The summed E-state index contributed by atoms with van der Waals surface area (Å²) in [5, 5.41) is 21.8. The molecule has 138 valence electrons. The fourth-order valence-corrected chi connectivity index (χ4v) is 4.75. The third-order valence-electron chi connectivity index (χ3n) is 4.84. The normalized spacial score (nSPS) is 18.9. The summed E-state index contributed by atoms with van der Waals surface area (Å²) in [6.07, 6.45) is 3.29. The van der Waals surface area contributed by atoms with Gasteiger partial charge in [-0.25, -0.2) is 0 Å². The SMILES string of the molecule is CC1=C(c2ccncc2)C(c2cccc([N+](=O)[O-])c2)C(C#N)=C2SCC(=O)N12. The number of nitrogens with zero attached hydrogens (tertiary/aromatic N) is 4. The number of nitriles is 1. The molecule has 0 aliphatic carbocycles. The van der Waals surface area contributed by atoms with E-state index in [1.54, 1.807) is 29.4 Å². The lowest BCUT2D eigenvalue weighted by Crippen LogP contribution is -2.29. The second-order valence-electron chi connectivity index (χ2n) is 6.37. The molecule has 0 spiro atoms. The summed E-state index contributed by atoms with van der Waals surface area (Å²) in [6, 6.07) is 12.2. The number of carbonyl (C=O) groups excluding carboxylic acids is 1. The van der Waals surface area contributed by atoms with Gasteiger partial charge in [0.25, 0.3) is 5.69 Å². The van der Waals surface area contributed by atoms with Crippen LogP contribution in [-0.4, -0.2) is 26.5 Å². The minimum absolute atomic E-state index is 0.0379. The predicted octanol–water partition coefficient (Wildman–Crippen LogP) is 3.83. The Morgan fingerprint density at radius 3 is 2.75 bits per heavy atom. The van der Waals surface area contributed by atoms with Gasteiger partial charge < -0.3 is 0 Å². The van der Waals surface area contributed by atoms with Crippen LogP contribution in [-0.2, 0) is 4.79 Å². The van der Waals surface area contributed by atoms with Crippen molar-refractivity contribution >= 4 is 28.9 Å². The third kappa shape index (κ3) is 2.77. The summed E-state index contributed by atoms with van der Waals surface area (Å²) in [7, 11) is 0. The number of amides is 1. The van der Waals surface area contributed by atoms with Crippen LogP contribution in [0.4, 0.5) is 5.69 Å². The van der Waals surface area contributed by atoms with Crippen molar-refractivity contribution in [2.75, 3.05) is 5.75 Å². The second kappa shape index (κ2) is 6.94. The van der Waals surface area contributed by atoms with Gasteiger partial charge in [-0.05, 0) is 35.8 Å². The molecule has 1 unspecified atom stereocenters. The van der Waals surface area contributed by atoms with Crippen molar-refractivity contribution in [2.45, 2.75) is 12.8 Å². The number of carbonyl (C=O) groups is 1. The molecule has 28 heavy (non-hydrogen) atoms. The lowest BCUT2D eigenvalue weighted by atomic mass is 9.79. The number of allylic oxidation sites excluding steroid dienone is 3. The molecule has 2 aromatic rings. The van der Waals surface area contributed by atoms with Crippen LogP contribution >= 0.6 is 11.8 Å². The fourth-order valence-electron chi connectivity index (χ4n) is 3.68. The summed E-state index contributed by atoms with van der Waals surface area (Å²) < 4.78 is 0. The zero-order valence-electron chi connectivity index (χ0n) is 14.8. The maximum Gasteiger partial charge on any atom is 0.269 e. The van der Waals surface area contributed by atoms with Gasteiger partial charge in [0, 0.05) is 36.1 Å². The molecular weight excluding hydrogens is 376 g/mol. The van der Waals surface area contributed by atoms with E-state index < -0.39 is 10.8 Å². The quantitative estimate of drug-likeness (QED) is 0.583. The number of nitro benzene ring substituents is 1. The van der Waals surface area contributed by atoms with Crippen LogP contribution in [0.5, 0.6) is 0 Å². The zero-order chi connectivity index (χ0) is 19.8. The van der Waals surface area contributed by atoms with E-state index in [1.807, 2.05) is 19.1 Å². The topological polar surface area (TPSA) is 100 Å². The highest BCUT2D eigenvalue weighted by atomic mass is 32.2. The van der Waals surface area contributed by atoms with Crippen LogP contribution in [0, 0.1) is 21.4 Å². The van der Waals surface area contributed by atoms with E-state index in [0.717, 1.165) is 16.8 Å². The van der Waals surface area contributed by atoms with Gasteiger partial charge in [0.2, 0.25) is 5.91 Å². The van der Waals surface area contributed by atoms with Crippen molar-refractivity contribution in [3.63, 3.8) is 0 Å². The molecule has 1 amide bonds. The van der Waals surface area contributed by atoms with E-state index in [2.05, 4.69) is 11.1 Å². The Labute approximate surface area is 165 Å². The van der Waals surface area contributed by atoms with Crippen LogP contribution < -0.4 is 0 Å². The number of hydrogen-bond donors (Lipinski definition) is 0. The van der Waals surface area contributed by atoms with Crippen LogP contribution in [0.2, 0.25) is 0 Å². The highest BCUT2D eigenvalue weighted by molar-refractivity contribution is 8.04. The van der Waals surface area contributed by atoms with Crippen LogP contribution in [0.15, 0.2) is 65.1 Å². The summed E-state index contributed by atoms with van der Waals surface area (Å²) in [5.41, 5.74) is 3.35. The maximum atomic E-state index is 12.5. The first-order chi connectivity index (χ1) is 13.5. The summed E-state index contributed by atoms with van der Waals surface area (Å²) >= 11 is 1.33. The van der Waals surface area contributed by atoms with E-state index in [-0.39, 0.29) is 17.3 Å². The van der Waals surface area contributed by atoms with Gasteiger partial charge in [-0.15, -0.1) is 0 Å². The number of hydrogen-bond acceptors (Lipinski definition) is 6. The van der Waals surface area contributed by atoms with Gasteiger partial charge in [-0.3, -0.25) is 24.8 Å². The minimum atomic E-state index is -0.503. The molecule has 7 nitrogen and oxygen atoms in total. The molecule has 0 N–H and O–H groups in total. The second-order valence-corrected chi connectivity index (χ2v) is 7.33. The summed E-state index contributed by atoms with van der Waals surface area (Å²) in [4.78, 5) is 28.9. The van der Waals surface area contributed by atoms with Gasteiger partial charge in [0.15, 0.2) is 0 Å². The van der Waals surface area contributed by atoms with Gasteiger partial charge in [0.05, 0.1) is 27.3 Å². The molecule has 4 rings (SSSR count). The molecular formula is C20H14N4O3S. The smallest absolute Gasteiger partial charge is 0.269 e. The Kier molecular flexibility index (Phi) is 4.45. The van der Waals surface area contributed by atoms with Crippen molar-refractivity contribution in [1.29, 1.82) is 5.26 Å². The van der Waals surface area contributed by atoms with E-state index in [1.165, 1.54) is 23.9 Å². The number of aromatic nitrogens is 1. The Morgan fingerprint density at radius 1 is 1.32 bits per heavy atom. The Balaban J connectivity index is 2.00. The molecule has 1 saturated heterocycles. The van der Waals surface area contributed by atoms with Crippen molar-refractivity contribution in [3.8, 4) is 6.07 Å². The number of thioether (sulfide) groups is 1. The van der Waals surface area contributed by atoms with Crippen LogP contribution in [0.3, 0.4) is 0 Å². The first kappa shape index (κ1) is 17.9. The van der Waals surface area contributed by atoms with Crippen LogP contribution in [0.1, 0.15) is 24.0 Å². The number of fused-ring (bicyclic) bond motifs is 1. The molecule has 1 fully saturated rings. The first-order valence-corrected chi connectivity index (χ1v) is 9.47. The predicted molar refractivity (Wildman–Crippen MR) is 105 cm³/mol. The average Bonchev–Trinajstić information content (AvgIpc) is 3.10. The summed E-state index contributed by atoms with van der Waals surface area (Å²) in [5.74, 6) is -0.311. The number of benzene rings is 1. The van der Waals surface area contributed by atoms with Gasteiger partial charge in [-0.2, -0.15) is 5.26 Å². The van der Waals surface area contributed by atoms with Crippen LogP contribution in [0.25, 0.3) is 5.57 Å². The largest absolute Gasteiger partial charge is 0.277 e. The number of nitro groups is 1. The van der Waals surface area contributed by atoms with E-state index in [0.29, 0.717) is 16.2 Å². The summed E-state index contributed by atoms with van der Waals surface area (Å²) in [6.45, 7) is 1.85. The minimum Gasteiger partial charge on any atom is -0.277 e.